The van der Waals surface area contributed by atoms with Gasteiger partial charge in [-0.15, -0.1) is 0 Å². The number of rotatable bonds is 6. The molecule has 1 nitrogen and oxygen atoms in total. The maximum Gasteiger partial charge on any atom is 0.0294 e. The number of hydrogen-bond acceptors (Lipinski definition) is 1. The summed E-state index contributed by atoms with van der Waals surface area (Å²) in [4.78, 5) is 0. The van der Waals surface area contributed by atoms with Gasteiger partial charge in [0.05, 0.1) is 0 Å². The van der Waals surface area contributed by atoms with E-state index in [0.717, 1.165) is 12.3 Å². The first-order valence-corrected chi connectivity index (χ1v) is 8.59. The molecule has 1 fully saturated rings. The summed E-state index contributed by atoms with van der Waals surface area (Å²) in [5, 5.41) is 3.89. The second-order valence-corrected chi connectivity index (χ2v) is 6.40. The average molecular weight is 273 g/mol. The Kier molecular flexibility index (Phi) is 6.09. The molecule has 1 aliphatic rings. The van der Waals surface area contributed by atoms with Gasteiger partial charge in [0.25, 0.3) is 0 Å². The molecule has 2 rings (SSSR count). The molecule has 20 heavy (non-hydrogen) atoms. The summed E-state index contributed by atoms with van der Waals surface area (Å²) in [6.07, 6.45) is 9.54. The van der Waals surface area contributed by atoms with E-state index in [1.165, 1.54) is 49.7 Å². The van der Waals surface area contributed by atoms with E-state index < -0.39 is 0 Å². The molecule has 0 amide bonds. The third kappa shape index (κ3) is 4.09. The minimum absolute atomic E-state index is 0.466. The molecule has 0 heterocycles. The van der Waals surface area contributed by atoms with Crippen molar-refractivity contribution in [2.45, 2.75) is 77.8 Å². The van der Waals surface area contributed by atoms with Crippen molar-refractivity contribution in [1.82, 2.24) is 5.32 Å². The Bertz CT molecular complexity index is 375. The normalized spacial score (nSPS) is 19.8. The Morgan fingerprint density at radius 2 is 1.70 bits per heavy atom. The quantitative estimate of drug-likeness (QED) is 0.745. The molecule has 1 N–H and O–H groups in total. The first-order chi connectivity index (χ1) is 9.74. The van der Waals surface area contributed by atoms with Crippen LogP contribution in [-0.4, -0.2) is 6.04 Å². The highest BCUT2D eigenvalue weighted by Gasteiger charge is 2.23. The Morgan fingerprint density at radius 3 is 2.25 bits per heavy atom. The van der Waals surface area contributed by atoms with E-state index in [2.05, 4.69) is 50.4 Å². The van der Waals surface area contributed by atoms with Crippen LogP contribution in [0.2, 0.25) is 0 Å². The minimum Gasteiger partial charge on any atom is -0.307 e. The molecule has 0 aliphatic heterocycles. The van der Waals surface area contributed by atoms with E-state index in [0.29, 0.717) is 12.1 Å². The highest BCUT2D eigenvalue weighted by Crippen LogP contribution is 2.29. The van der Waals surface area contributed by atoms with E-state index in [1.807, 2.05) is 0 Å². The lowest BCUT2D eigenvalue weighted by atomic mass is 9.82. The molecule has 0 radical (unpaired) electrons. The van der Waals surface area contributed by atoms with Crippen molar-refractivity contribution in [3.63, 3.8) is 0 Å². The van der Waals surface area contributed by atoms with Crippen molar-refractivity contribution in [3.05, 3.63) is 35.4 Å². The van der Waals surface area contributed by atoms with Gasteiger partial charge in [0.15, 0.2) is 0 Å². The Labute approximate surface area is 125 Å². The van der Waals surface area contributed by atoms with Crippen LogP contribution in [0.3, 0.4) is 0 Å². The first-order valence-electron chi connectivity index (χ1n) is 8.59. The molecule has 1 aromatic carbocycles. The predicted octanol–water partition coefficient (Wildman–Crippen LogP) is 5.26. The molecular weight excluding hydrogens is 242 g/mol. The largest absolute Gasteiger partial charge is 0.307 e. The van der Waals surface area contributed by atoms with Gasteiger partial charge in [0.1, 0.15) is 0 Å². The van der Waals surface area contributed by atoms with Gasteiger partial charge in [-0.2, -0.15) is 0 Å². The van der Waals surface area contributed by atoms with E-state index in [9.17, 15) is 0 Å². The smallest absolute Gasteiger partial charge is 0.0294 e. The topological polar surface area (TPSA) is 12.0 Å². The van der Waals surface area contributed by atoms with Crippen LogP contribution in [-0.2, 0) is 6.42 Å². The van der Waals surface area contributed by atoms with Crippen LogP contribution in [0.4, 0.5) is 0 Å². The molecular formula is C19H31N. The third-order valence-electron chi connectivity index (χ3n) is 5.01. The summed E-state index contributed by atoms with van der Waals surface area (Å²) in [6.45, 7) is 6.86. The summed E-state index contributed by atoms with van der Waals surface area (Å²) in [5.74, 6) is 0.895. The summed E-state index contributed by atoms with van der Waals surface area (Å²) in [6, 6.07) is 10.3. The van der Waals surface area contributed by atoms with Crippen LogP contribution < -0.4 is 5.32 Å². The van der Waals surface area contributed by atoms with Crippen molar-refractivity contribution in [2.24, 2.45) is 5.92 Å². The van der Waals surface area contributed by atoms with E-state index >= 15 is 0 Å². The highest BCUT2D eigenvalue weighted by atomic mass is 14.9. The number of benzene rings is 1. The molecule has 1 aliphatic carbocycles. The zero-order valence-electron chi connectivity index (χ0n) is 13.5. The maximum atomic E-state index is 3.89. The fourth-order valence-corrected chi connectivity index (χ4v) is 3.58. The van der Waals surface area contributed by atoms with Gasteiger partial charge >= 0.3 is 0 Å². The standard InChI is InChI=1S/C19H31N/c1-4-16-11-13-17(14-12-16)15(3)20-19(5-2)18-9-7-6-8-10-18/h11-15,18-20H,4-10H2,1-3H3. The van der Waals surface area contributed by atoms with Gasteiger partial charge in [0.2, 0.25) is 0 Å². The van der Waals surface area contributed by atoms with Crippen LogP contribution in [0.15, 0.2) is 24.3 Å². The predicted molar refractivity (Wildman–Crippen MR) is 88.0 cm³/mol. The van der Waals surface area contributed by atoms with Crippen LogP contribution in [0.1, 0.15) is 76.5 Å². The van der Waals surface area contributed by atoms with E-state index in [-0.39, 0.29) is 0 Å². The van der Waals surface area contributed by atoms with Gasteiger partial charge in [-0.1, -0.05) is 57.4 Å². The Balaban J connectivity index is 1.94. The maximum absolute atomic E-state index is 3.89. The molecule has 2 unspecified atom stereocenters. The Morgan fingerprint density at radius 1 is 1.05 bits per heavy atom. The van der Waals surface area contributed by atoms with Crippen LogP contribution >= 0.6 is 0 Å². The molecule has 0 bridgehead atoms. The van der Waals surface area contributed by atoms with Crippen LogP contribution in [0.5, 0.6) is 0 Å². The zero-order valence-corrected chi connectivity index (χ0v) is 13.5. The van der Waals surface area contributed by atoms with Gasteiger partial charge in [0, 0.05) is 12.1 Å². The van der Waals surface area contributed by atoms with E-state index in [1.54, 1.807) is 0 Å². The number of nitrogens with one attached hydrogen (secondary N) is 1. The van der Waals surface area contributed by atoms with Crippen molar-refractivity contribution in [3.8, 4) is 0 Å². The van der Waals surface area contributed by atoms with Gasteiger partial charge in [-0.25, -0.2) is 0 Å². The van der Waals surface area contributed by atoms with Crippen LogP contribution in [0, 0.1) is 5.92 Å². The average Bonchev–Trinajstić information content (AvgIpc) is 2.53. The molecule has 0 spiro atoms. The lowest BCUT2D eigenvalue weighted by Crippen LogP contribution is -2.38. The van der Waals surface area contributed by atoms with Crippen LogP contribution in [0.25, 0.3) is 0 Å². The third-order valence-corrected chi connectivity index (χ3v) is 5.01. The molecule has 0 aromatic heterocycles. The lowest BCUT2D eigenvalue weighted by Gasteiger charge is -2.32. The first kappa shape index (κ1) is 15.6. The number of hydrogen-bond donors (Lipinski definition) is 1. The number of aryl methyl sites for hydroxylation is 1. The second kappa shape index (κ2) is 7.83. The molecule has 2 atom stereocenters. The fraction of sp³-hybridized carbons (Fsp3) is 0.684. The lowest BCUT2D eigenvalue weighted by molar-refractivity contribution is 0.249. The molecule has 1 heteroatoms. The SMILES string of the molecule is CCc1ccc(C(C)NC(CC)C2CCCCC2)cc1. The van der Waals surface area contributed by atoms with Crippen molar-refractivity contribution >= 4 is 0 Å². The molecule has 0 saturated heterocycles. The van der Waals surface area contributed by atoms with E-state index in [4.69, 9.17) is 0 Å². The summed E-state index contributed by atoms with van der Waals surface area (Å²) in [7, 11) is 0. The second-order valence-electron chi connectivity index (χ2n) is 6.40. The summed E-state index contributed by atoms with van der Waals surface area (Å²) in [5.41, 5.74) is 2.86. The van der Waals surface area contributed by atoms with Crippen molar-refractivity contribution in [2.75, 3.05) is 0 Å². The summed E-state index contributed by atoms with van der Waals surface area (Å²) < 4.78 is 0. The van der Waals surface area contributed by atoms with Gasteiger partial charge in [-0.05, 0) is 49.7 Å². The van der Waals surface area contributed by atoms with Crippen molar-refractivity contribution in [1.29, 1.82) is 0 Å². The van der Waals surface area contributed by atoms with Crippen molar-refractivity contribution < 1.29 is 0 Å². The molecule has 112 valence electrons. The molecule has 1 aromatic rings. The van der Waals surface area contributed by atoms with Gasteiger partial charge in [-0.3, -0.25) is 0 Å². The summed E-state index contributed by atoms with van der Waals surface area (Å²) >= 11 is 0. The zero-order chi connectivity index (χ0) is 14.4. The van der Waals surface area contributed by atoms with Gasteiger partial charge < -0.3 is 5.32 Å². The fourth-order valence-electron chi connectivity index (χ4n) is 3.58. The Hall–Kier alpha value is -0.820. The molecule has 1 saturated carbocycles. The minimum atomic E-state index is 0.466. The monoisotopic (exact) mass is 273 g/mol. The highest BCUT2D eigenvalue weighted by molar-refractivity contribution is 5.24.